The highest BCUT2D eigenvalue weighted by Crippen LogP contribution is 2.21. The summed E-state index contributed by atoms with van der Waals surface area (Å²) in [4.78, 5) is 2.53. The van der Waals surface area contributed by atoms with Crippen LogP contribution in [0.15, 0.2) is 18.2 Å². The molecule has 0 bridgehead atoms. The van der Waals surface area contributed by atoms with Crippen molar-refractivity contribution in [2.45, 2.75) is 26.8 Å². The average molecular weight is 315 g/mol. The standard InChI is InChI=1S/C16H24Cl2N2/c1-12(2)9-20(10-13-3-4-19-8-13)11-14-5-15(17)7-16(18)6-14/h5-7,12-13,19H,3-4,8-11H2,1-2H3. The van der Waals surface area contributed by atoms with Gasteiger partial charge in [-0.2, -0.15) is 0 Å². The van der Waals surface area contributed by atoms with Crippen molar-refractivity contribution in [3.63, 3.8) is 0 Å². The molecule has 1 aromatic carbocycles. The molecule has 1 aromatic rings. The van der Waals surface area contributed by atoms with Gasteiger partial charge in [0.2, 0.25) is 0 Å². The van der Waals surface area contributed by atoms with Crippen LogP contribution in [0.1, 0.15) is 25.8 Å². The van der Waals surface area contributed by atoms with Crippen molar-refractivity contribution in [2.75, 3.05) is 26.2 Å². The molecule has 1 unspecified atom stereocenters. The van der Waals surface area contributed by atoms with Gasteiger partial charge in [-0.1, -0.05) is 37.0 Å². The van der Waals surface area contributed by atoms with E-state index in [9.17, 15) is 0 Å². The molecule has 2 nitrogen and oxygen atoms in total. The van der Waals surface area contributed by atoms with Gasteiger partial charge in [-0.15, -0.1) is 0 Å². The van der Waals surface area contributed by atoms with E-state index in [1.807, 2.05) is 12.1 Å². The normalized spacial score (nSPS) is 19.2. The lowest BCUT2D eigenvalue weighted by Gasteiger charge is -2.27. The van der Waals surface area contributed by atoms with E-state index >= 15 is 0 Å². The topological polar surface area (TPSA) is 15.3 Å². The largest absolute Gasteiger partial charge is 0.316 e. The Labute approximate surface area is 132 Å². The van der Waals surface area contributed by atoms with Crippen LogP contribution in [0.4, 0.5) is 0 Å². The van der Waals surface area contributed by atoms with Gasteiger partial charge in [0.15, 0.2) is 0 Å². The quantitative estimate of drug-likeness (QED) is 0.851. The third-order valence-electron chi connectivity index (χ3n) is 3.63. The predicted molar refractivity (Wildman–Crippen MR) is 87.6 cm³/mol. The number of halogens is 2. The molecule has 4 heteroatoms. The van der Waals surface area contributed by atoms with Crippen molar-refractivity contribution in [3.05, 3.63) is 33.8 Å². The zero-order chi connectivity index (χ0) is 14.5. The Balaban J connectivity index is 2.01. The first-order valence-electron chi connectivity index (χ1n) is 7.41. The van der Waals surface area contributed by atoms with Gasteiger partial charge in [0.05, 0.1) is 0 Å². The molecule has 1 N–H and O–H groups in total. The number of rotatable bonds is 6. The molecule has 112 valence electrons. The highest BCUT2D eigenvalue weighted by atomic mass is 35.5. The Bertz CT molecular complexity index is 408. The Morgan fingerprint density at radius 1 is 1.25 bits per heavy atom. The summed E-state index contributed by atoms with van der Waals surface area (Å²) in [7, 11) is 0. The van der Waals surface area contributed by atoms with Crippen LogP contribution in [0.25, 0.3) is 0 Å². The maximum Gasteiger partial charge on any atom is 0.0424 e. The molecule has 0 saturated carbocycles. The van der Waals surface area contributed by atoms with Crippen molar-refractivity contribution < 1.29 is 0 Å². The highest BCUT2D eigenvalue weighted by Gasteiger charge is 2.19. The summed E-state index contributed by atoms with van der Waals surface area (Å²) in [5.41, 5.74) is 1.20. The molecule has 1 heterocycles. The number of nitrogens with one attached hydrogen (secondary N) is 1. The van der Waals surface area contributed by atoms with Crippen LogP contribution >= 0.6 is 23.2 Å². The first kappa shape index (κ1) is 16.1. The van der Waals surface area contributed by atoms with Crippen LogP contribution in [-0.4, -0.2) is 31.1 Å². The molecule has 0 aromatic heterocycles. The van der Waals surface area contributed by atoms with E-state index in [2.05, 4.69) is 24.1 Å². The number of benzene rings is 1. The van der Waals surface area contributed by atoms with E-state index in [1.54, 1.807) is 6.07 Å². The Morgan fingerprint density at radius 3 is 2.50 bits per heavy atom. The molecule has 1 atom stereocenters. The van der Waals surface area contributed by atoms with E-state index in [-0.39, 0.29) is 0 Å². The van der Waals surface area contributed by atoms with Crippen molar-refractivity contribution in [1.82, 2.24) is 10.2 Å². The zero-order valence-corrected chi connectivity index (χ0v) is 13.8. The third-order valence-corrected chi connectivity index (χ3v) is 4.07. The van der Waals surface area contributed by atoms with Gasteiger partial charge in [-0.05, 0) is 55.1 Å². The van der Waals surface area contributed by atoms with Gasteiger partial charge < -0.3 is 5.32 Å². The molecular formula is C16H24Cl2N2. The summed E-state index contributed by atoms with van der Waals surface area (Å²) in [5, 5.41) is 4.89. The molecule has 1 fully saturated rings. The Morgan fingerprint density at radius 2 is 1.95 bits per heavy atom. The van der Waals surface area contributed by atoms with E-state index in [1.165, 1.54) is 12.0 Å². The van der Waals surface area contributed by atoms with Gasteiger partial charge in [0.1, 0.15) is 0 Å². The van der Waals surface area contributed by atoms with Gasteiger partial charge >= 0.3 is 0 Å². The first-order valence-corrected chi connectivity index (χ1v) is 8.16. The fraction of sp³-hybridized carbons (Fsp3) is 0.625. The lowest BCUT2D eigenvalue weighted by molar-refractivity contribution is 0.205. The maximum absolute atomic E-state index is 6.10. The van der Waals surface area contributed by atoms with Crippen molar-refractivity contribution >= 4 is 23.2 Å². The minimum atomic E-state index is 0.666. The van der Waals surface area contributed by atoms with Crippen LogP contribution in [0.5, 0.6) is 0 Å². The fourth-order valence-electron chi connectivity index (χ4n) is 2.92. The second-order valence-electron chi connectivity index (χ2n) is 6.22. The molecule has 0 aliphatic carbocycles. The van der Waals surface area contributed by atoms with Crippen LogP contribution in [-0.2, 0) is 6.54 Å². The Kier molecular flexibility index (Phi) is 6.16. The van der Waals surface area contributed by atoms with Crippen molar-refractivity contribution in [3.8, 4) is 0 Å². The third kappa shape index (κ3) is 5.25. The second kappa shape index (κ2) is 7.65. The monoisotopic (exact) mass is 314 g/mol. The van der Waals surface area contributed by atoms with Gasteiger partial charge in [-0.3, -0.25) is 4.90 Å². The van der Waals surface area contributed by atoms with Gasteiger partial charge in [0, 0.05) is 29.7 Å². The highest BCUT2D eigenvalue weighted by molar-refractivity contribution is 6.34. The maximum atomic E-state index is 6.10. The predicted octanol–water partition coefficient (Wildman–Crippen LogP) is 4.06. The van der Waals surface area contributed by atoms with Crippen molar-refractivity contribution in [1.29, 1.82) is 0 Å². The minimum absolute atomic E-state index is 0.666. The number of nitrogens with zero attached hydrogens (tertiary/aromatic N) is 1. The molecule has 0 radical (unpaired) electrons. The molecule has 0 amide bonds. The number of hydrogen-bond donors (Lipinski definition) is 1. The van der Waals surface area contributed by atoms with E-state index in [0.717, 1.165) is 48.7 Å². The van der Waals surface area contributed by atoms with E-state index < -0.39 is 0 Å². The molecule has 2 rings (SSSR count). The lowest BCUT2D eigenvalue weighted by atomic mass is 10.1. The van der Waals surface area contributed by atoms with E-state index in [4.69, 9.17) is 23.2 Å². The number of hydrogen-bond acceptors (Lipinski definition) is 2. The summed E-state index contributed by atoms with van der Waals surface area (Å²) in [5.74, 6) is 1.43. The molecule has 0 spiro atoms. The van der Waals surface area contributed by atoms with Crippen LogP contribution in [0, 0.1) is 11.8 Å². The zero-order valence-electron chi connectivity index (χ0n) is 12.3. The summed E-state index contributed by atoms with van der Waals surface area (Å²) in [6, 6.07) is 5.83. The molecule has 1 aliphatic rings. The molecule has 1 aliphatic heterocycles. The minimum Gasteiger partial charge on any atom is -0.316 e. The summed E-state index contributed by atoms with van der Waals surface area (Å²) in [6.07, 6.45) is 1.28. The molecule has 20 heavy (non-hydrogen) atoms. The lowest BCUT2D eigenvalue weighted by Crippen LogP contribution is -2.33. The smallest absolute Gasteiger partial charge is 0.0424 e. The van der Waals surface area contributed by atoms with Gasteiger partial charge in [0.25, 0.3) is 0 Å². The van der Waals surface area contributed by atoms with Crippen LogP contribution < -0.4 is 5.32 Å². The summed E-state index contributed by atoms with van der Waals surface area (Å²) >= 11 is 12.2. The fourth-order valence-corrected chi connectivity index (χ4v) is 3.49. The average Bonchev–Trinajstić information content (AvgIpc) is 2.79. The van der Waals surface area contributed by atoms with E-state index in [0.29, 0.717) is 5.92 Å². The molecule has 1 saturated heterocycles. The SMILES string of the molecule is CC(C)CN(Cc1cc(Cl)cc(Cl)c1)CC1CCNC1. The second-order valence-corrected chi connectivity index (χ2v) is 7.10. The first-order chi connectivity index (χ1) is 9.52. The van der Waals surface area contributed by atoms with Crippen LogP contribution in [0.3, 0.4) is 0 Å². The van der Waals surface area contributed by atoms with Crippen molar-refractivity contribution in [2.24, 2.45) is 11.8 Å². The summed E-state index contributed by atoms with van der Waals surface area (Å²) in [6.45, 7) is 10.0. The summed E-state index contributed by atoms with van der Waals surface area (Å²) < 4.78 is 0. The molecular weight excluding hydrogens is 291 g/mol. The van der Waals surface area contributed by atoms with Crippen LogP contribution in [0.2, 0.25) is 10.0 Å². The Hall–Kier alpha value is -0.280. The van der Waals surface area contributed by atoms with Gasteiger partial charge in [-0.25, -0.2) is 0 Å².